The van der Waals surface area contributed by atoms with Gasteiger partial charge in [-0.3, -0.25) is 14.9 Å². The number of imide groups is 1. The van der Waals surface area contributed by atoms with Gasteiger partial charge in [0.2, 0.25) is 0 Å². The minimum atomic E-state index is -0.474. The molecule has 0 saturated carbocycles. The first-order valence-electron chi connectivity index (χ1n) is 4.32. The van der Waals surface area contributed by atoms with Crippen LogP contribution in [0.1, 0.15) is 5.56 Å². The summed E-state index contributed by atoms with van der Waals surface area (Å²) in [6.45, 7) is 0. The largest absolute Gasteiger partial charge is 0.508 e. The van der Waals surface area contributed by atoms with Crippen molar-refractivity contribution < 1.29 is 19.8 Å². The lowest BCUT2D eigenvalue weighted by Gasteiger charge is -1.98. The molecular formula is C10H7NO4S. The molecule has 16 heavy (non-hydrogen) atoms. The monoisotopic (exact) mass is 237 g/mol. The molecule has 1 aliphatic rings. The maximum Gasteiger partial charge on any atom is 0.290 e. The van der Waals surface area contributed by atoms with E-state index in [0.717, 1.165) is 11.8 Å². The summed E-state index contributed by atoms with van der Waals surface area (Å²) in [4.78, 5) is 22.3. The second-order valence-corrected chi connectivity index (χ2v) is 4.15. The Morgan fingerprint density at radius 2 is 1.75 bits per heavy atom. The predicted octanol–water partition coefficient (Wildman–Crippen LogP) is 1.42. The van der Waals surface area contributed by atoms with Gasteiger partial charge in [0.1, 0.15) is 11.5 Å². The fraction of sp³-hybridized carbons (Fsp3) is 0. The lowest BCUT2D eigenvalue weighted by atomic mass is 10.2. The van der Waals surface area contributed by atoms with E-state index in [1.54, 1.807) is 0 Å². The lowest BCUT2D eigenvalue weighted by Crippen LogP contribution is -2.17. The molecule has 1 aliphatic heterocycles. The van der Waals surface area contributed by atoms with Gasteiger partial charge >= 0.3 is 0 Å². The van der Waals surface area contributed by atoms with Crippen LogP contribution in [-0.4, -0.2) is 21.4 Å². The zero-order valence-electron chi connectivity index (χ0n) is 7.93. The molecule has 1 heterocycles. The number of amides is 2. The van der Waals surface area contributed by atoms with E-state index in [-0.39, 0.29) is 16.4 Å². The molecule has 1 aromatic carbocycles. The Labute approximate surface area is 94.8 Å². The first-order valence-corrected chi connectivity index (χ1v) is 5.14. The first kappa shape index (κ1) is 10.6. The van der Waals surface area contributed by atoms with E-state index in [2.05, 4.69) is 5.32 Å². The van der Waals surface area contributed by atoms with Crippen LogP contribution in [0.2, 0.25) is 0 Å². The van der Waals surface area contributed by atoms with Crippen molar-refractivity contribution in [3.05, 3.63) is 28.7 Å². The van der Waals surface area contributed by atoms with Crippen LogP contribution in [0.15, 0.2) is 23.1 Å². The van der Waals surface area contributed by atoms with Gasteiger partial charge in [0, 0.05) is 6.07 Å². The number of phenolic OH excluding ortho intramolecular Hbond substituents is 2. The van der Waals surface area contributed by atoms with E-state index in [0.29, 0.717) is 5.56 Å². The number of hydrogen-bond donors (Lipinski definition) is 3. The summed E-state index contributed by atoms with van der Waals surface area (Å²) in [6, 6.07) is 3.93. The SMILES string of the molecule is O=C1NC(=O)C(=Cc2cc(O)cc(O)c2)S1. The van der Waals surface area contributed by atoms with Crippen molar-refractivity contribution in [1.82, 2.24) is 5.32 Å². The highest BCUT2D eigenvalue weighted by molar-refractivity contribution is 8.18. The fourth-order valence-electron chi connectivity index (χ4n) is 1.27. The van der Waals surface area contributed by atoms with Crippen LogP contribution in [-0.2, 0) is 4.79 Å². The van der Waals surface area contributed by atoms with Crippen molar-refractivity contribution in [2.24, 2.45) is 0 Å². The summed E-state index contributed by atoms with van der Waals surface area (Å²) in [5.74, 6) is -0.694. The van der Waals surface area contributed by atoms with Crippen LogP contribution in [0.25, 0.3) is 6.08 Å². The summed E-state index contributed by atoms with van der Waals surface area (Å²) in [7, 11) is 0. The number of hydrogen-bond acceptors (Lipinski definition) is 5. The van der Waals surface area contributed by atoms with Crippen molar-refractivity contribution in [1.29, 1.82) is 0 Å². The minimum absolute atomic E-state index is 0.110. The molecule has 5 nitrogen and oxygen atoms in total. The van der Waals surface area contributed by atoms with E-state index >= 15 is 0 Å². The van der Waals surface area contributed by atoms with Gasteiger partial charge in [0.15, 0.2) is 0 Å². The Morgan fingerprint density at radius 1 is 1.12 bits per heavy atom. The van der Waals surface area contributed by atoms with E-state index in [4.69, 9.17) is 0 Å². The third-order valence-corrected chi connectivity index (χ3v) is 2.68. The molecule has 2 amide bonds. The topological polar surface area (TPSA) is 86.6 Å². The smallest absolute Gasteiger partial charge is 0.290 e. The van der Waals surface area contributed by atoms with Gasteiger partial charge in [0.25, 0.3) is 11.1 Å². The number of aromatic hydroxyl groups is 2. The molecule has 0 atom stereocenters. The average molecular weight is 237 g/mol. The zero-order valence-corrected chi connectivity index (χ0v) is 8.75. The Balaban J connectivity index is 2.36. The minimum Gasteiger partial charge on any atom is -0.508 e. The molecule has 6 heteroatoms. The van der Waals surface area contributed by atoms with E-state index < -0.39 is 11.1 Å². The van der Waals surface area contributed by atoms with Gasteiger partial charge in [0.05, 0.1) is 4.91 Å². The molecule has 0 radical (unpaired) electrons. The summed E-state index contributed by atoms with van der Waals surface area (Å²) in [6.07, 6.45) is 1.42. The Hall–Kier alpha value is -1.95. The number of benzene rings is 1. The summed E-state index contributed by atoms with van der Waals surface area (Å²) >= 11 is 0.778. The van der Waals surface area contributed by atoms with Gasteiger partial charge in [-0.1, -0.05) is 0 Å². The van der Waals surface area contributed by atoms with Crippen LogP contribution in [0.5, 0.6) is 11.5 Å². The molecule has 2 rings (SSSR count). The molecule has 0 aliphatic carbocycles. The molecule has 1 saturated heterocycles. The van der Waals surface area contributed by atoms with E-state index in [9.17, 15) is 19.8 Å². The number of carbonyl (C=O) groups excluding carboxylic acids is 2. The third kappa shape index (κ3) is 2.17. The number of thioether (sulfide) groups is 1. The molecule has 0 aromatic heterocycles. The van der Waals surface area contributed by atoms with Gasteiger partial charge in [-0.15, -0.1) is 0 Å². The van der Waals surface area contributed by atoms with Gasteiger partial charge < -0.3 is 10.2 Å². The van der Waals surface area contributed by atoms with Crippen LogP contribution < -0.4 is 5.32 Å². The van der Waals surface area contributed by atoms with E-state index in [1.807, 2.05) is 0 Å². The van der Waals surface area contributed by atoms with Gasteiger partial charge in [-0.25, -0.2) is 0 Å². The van der Waals surface area contributed by atoms with Crippen LogP contribution >= 0.6 is 11.8 Å². The maximum absolute atomic E-state index is 11.2. The summed E-state index contributed by atoms with van der Waals surface area (Å²) in [5.41, 5.74) is 0.449. The fourth-order valence-corrected chi connectivity index (χ4v) is 1.96. The number of rotatable bonds is 1. The van der Waals surface area contributed by atoms with Crippen molar-refractivity contribution in [2.75, 3.05) is 0 Å². The Bertz CT molecular complexity index is 489. The normalized spacial score (nSPS) is 17.9. The van der Waals surface area contributed by atoms with Crippen molar-refractivity contribution in [2.45, 2.75) is 0 Å². The van der Waals surface area contributed by atoms with Crippen molar-refractivity contribution >= 4 is 29.0 Å². The Morgan fingerprint density at radius 3 is 2.25 bits per heavy atom. The quantitative estimate of drug-likeness (QED) is 0.643. The summed E-state index contributed by atoms with van der Waals surface area (Å²) in [5, 5.41) is 20.1. The average Bonchev–Trinajstić information content (AvgIpc) is 2.43. The van der Waals surface area contributed by atoms with Crippen LogP contribution in [0.3, 0.4) is 0 Å². The highest BCUT2D eigenvalue weighted by Gasteiger charge is 2.24. The van der Waals surface area contributed by atoms with Crippen molar-refractivity contribution in [3.63, 3.8) is 0 Å². The number of nitrogens with one attached hydrogen (secondary N) is 1. The highest BCUT2D eigenvalue weighted by atomic mass is 32.2. The molecule has 1 aromatic rings. The second-order valence-electron chi connectivity index (χ2n) is 3.13. The zero-order chi connectivity index (χ0) is 11.7. The molecule has 1 fully saturated rings. The van der Waals surface area contributed by atoms with Crippen LogP contribution in [0, 0.1) is 0 Å². The number of phenols is 2. The standard InChI is InChI=1S/C10H7NO4S/c12-6-1-5(2-7(13)4-6)3-8-9(14)11-10(15)16-8/h1-4,12-13H,(H,11,14,15). The molecule has 82 valence electrons. The first-order chi connectivity index (χ1) is 7.54. The molecule has 0 bridgehead atoms. The van der Waals surface area contributed by atoms with Gasteiger partial charge in [-0.05, 0) is 35.5 Å². The number of carbonyl (C=O) groups is 2. The van der Waals surface area contributed by atoms with E-state index in [1.165, 1.54) is 24.3 Å². The van der Waals surface area contributed by atoms with Crippen LogP contribution in [0.4, 0.5) is 4.79 Å². The summed E-state index contributed by atoms with van der Waals surface area (Å²) < 4.78 is 0. The molecular weight excluding hydrogens is 230 g/mol. The second kappa shape index (κ2) is 3.90. The molecule has 0 unspecified atom stereocenters. The van der Waals surface area contributed by atoms with Crippen molar-refractivity contribution in [3.8, 4) is 11.5 Å². The Kier molecular flexibility index (Phi) is 2.57. The van der Waals surface area contributed by atoms with Gasteiger partial charge in [-0.2, -0.15) is 0 Å². The third-order valence-electron chi connectivity index (χ3n) is 1.86. The highest BCUT2D eigenvalue weighted by Crippen LogP contribution is 2.28. The molecule has 0 spiro atoms. The lowest BCUT2D eigenvalue weighted by molar-refractivity contribution is -0.115. The maximum atomic E-state index is 11.2. The predicted molar refractivity (Wildman–Crippen MR) is 58.9 cm³/mol. The molecule has 3 N–H and O–H groups in total.